The number of aliphatic hydroxyl groups is 1. The van der Waals surface area contributed by atoms with Gasteiger partial charge in [0.1, 0.15) is 5.69 Å². The van der Waals surface area contributed by atoms with Crippen LogP contribution in [0.3, 0.4) is 0 Å². The summed E-state index contributed by atoms with van der Waals surface area (Å²) in [6.07, 6.45) is 5.86. The van der Waals surface area contributed by atoms with E-state index in [2.05, 4.69) is 20.6 Å². The third kappa shape index (κ3) is 6.20. The molecule has 150 valence electrons. The number of amides is 2. The molecule has 2 heterocycles. The highest BCUT2D eigenvalue weighted by molar-refractivity contribution is 5.92. The van der Waals surface area contributed by atoms with Gasteiger partial charge >= 0.3 is 0 Å². The average Bonchev–Trinajstić information content (AvgIpc) is 3.24. The van der Waals surface area contributed by atoms with E-state index in [0.29, 0.717) is 31.5 Å². The molecule has 0 saturated heterocycles. The second kappa shape index (κ2) is 10.8. The van der Waals surface area contributed by atoms with Gasteiger partial charge in [0.15, 0.2) is 0 Å². The van der Waals surface area contributed by atoms with Gasteiger partial charge in [0, 0.05) is 31.1 Å². The maximum Gasteiger partial charge on any atom is 0.290 e. The third-order valence-electron chi connectivity index (χ3n) is 4.56. The van der Waals surface area contributed by atoms with Crippen molar-refractivity contribution in [2.45, 2.75) is 38.0 Å². The predicted molar refractivity (Wildman–Crippen MR) is 100 cm³/mol. The molecule has 0 radical (unpaired) electrons. The molecular formula is C19H24N4O5. The molecule has 1 saturated carbocycles. The normalized spacial score (nSPS) is 21.0. The van der Waals surface area contributed by atoms with Gasteiger partial charge in [-0.3, -0.25) is 19.4 Å². The minimum Gasteiger partial charge on any atom is -0.483 e. The first-order chi connectivity index (χ1) is 13.5. The summed E-state index contributed by atoms with van der Waals surface area (Å²) in [5.74, 6) is -0.546. The van der Waals surface area contributed by atoms with Gasteiger partial charge in [0.05, 0.1) is 12.1 Å². The van der Waals surface area contributed by atoms with Gasteiger partial charge in [0.2, 0.25) is 5.91 Å². The summed E-state index contributed by atoms with van der Waals surface area (Å²) >= 11 is 0. The number of hydrogen-bond acceptors (Lipinski definition) is 5. The number of pyridine rings is 1. The number of aromatic amines is 1. The van der Waals surface area contributed by atoms with Crippen LogP contribution in [0.4, 0.5) is 0 Å². The molecule has 5 N–H and O–H groups in total. The highest BCUT2D eigenvalue weighted by atomic mass is 16.3. The molecular weight excluding hydrogens is 364 g/mol. The Balaban J connectivity index is 0.000000878. The molecule has 1 fully saturated rings. The molecule has 28 heavy (non-hydrogen) atoms. The standard InChI is InChI=1S/C18H22N4O3.CH2O2/c23-16-10-13(17(24)21-11-12-5-8-19-9-6-12)3-4-14(16)22-18(25)15-2-1-7-20-15;2-1-3/h1-2,5-9,13-14,16,20,23H,3-4,10-11H2,(H,21,24)(H,22,25);1H,(H,2,3)/t13-,14+,16+;/m0./s1. The third-order valence-corrected chi connectivity index (χ3v) is 4.56. The minimum atomic E-state index is -0.732. The zero-order chi connectivity index (χ0) is 20.4. The van der Waals surface area contributed by atoms with Gasteiger partial charge in [-0.1, -0.05) is 0 Å². The second-order valence-electron chi connectivity index (χ2n) is 6.42. The number of carbonyl (C=O) groups excluding carboxylic acids is 2. The fourth-order valence-electron chi connectivity index (χ4n) is 3.11. The molecule has 2 aromatic heterocycles. The summed E-state index contributed by atoms with van der Waals surface area (Å²) in [6.45, 7) is 0.195. The Morgan fingerprint density at radius 1 is 1.25 bits per heavy atom. The predicted octanol–water partition coefficient (Wildman–Crippen LogP) is 0.686. The van der Waals surface area contributed by atoms with Crippen LogP contribution in [0.15, 0.2) is 42.9 Å². The van der Waals surface area contributed by atoms with Crippen LogP contribution >= 0.6 is 0 Å². The van der Waals surface area contributed by atoms with Gasteiger partial charge < -0.3 is 25.8 Å². The maximum absolute atomic E-state index is 12.3. The van der Waals surface area contributed by atoms with Crippen LogP contribution in [-0.2, 0) is 16.1 Å². The first-order valence-electron chi connectivity index (χ1n) is 8.92. The second-order valence-corrected chi connectivity index (χ2v) is 6.42. The fraction of sp³-hybridized carbons (Fsp3) is 0.368. The number of carbonyl (C=O) groups is 3. The highest BCUT2D eigenvalue weighted by Crippen LogP contribution is 2.25. The van der Waals surface area contributed by atoms with E-state index < -0.39 is 6.10 Å². The molecule has 0 unspecified atom stereocenters. The quantitative estimate of drug-likeness (QED) is 0.477. The molecule has 0 aliphatic heterocycles. The molecule has 2 aromatic rings. The van der Waals surface area contributed by atoms with Crippen LogP contribution < -0.4 is 10.6 Å². The molecule has 9 nitrogen and oxygen atoms in total. The Kier molecular flexibility index (Phi) is 8.16. The van der Waals surface area contributed by atoms with Gasteiger partial charge in [-0.05, 0) is 49.1 Å². The van der Waals surface area contributed by atoms with Crippen LogP contribution in [0.2, 0.25) is 0 Å². The molecule has 9 heteroatoms. The first kappa shape index (κ1) is 21.1. The zero-order valence-corrected chi connectivity index (χ0v) is 15.2. The van der Waals surface area contributed by atoms with Crippen molar-refractivity contribution >= 4 is 18.3 Å². The van der Waals surface area contributed by atoms with Crippen LogP contribution in [0.25, 0.3) is 0 Å². The molecule has 1 aliphatic carbocycles. The zero-order valence-electron chi connectivity index (χ0n) is 15.2. The Morgan fingerprint density at radius 2 is 1.96 bits per heavy atom. The van der Waals surface area contributed by atoms with Crippen molar-refractivity contribution in [2.75, 3.05) is 0 Å². The summed E-state index contributed by atoms with van der Waals surface area (Å²) in [5.41, 5.74) is 1.44. The molecule has 3 rings (SSSR count). The minimum absolute atomic E-state index is 0.0648. The van der Waals surface area contributed by atoms with E-state index >= 15 is 0 Å². The summed E-state index contributed by atoms with van der Waals surface area (Å²) in [5, 5.41) is 22.9. The van der Waals surface area contributed by atoms with Gasteiger partial charge in [-0.15, -0.1) is 0 Å². The van der Waals surface area contributed by atoms with Crippen molar-refractivity contribution in [3.8, 4) is 0 Å². The Morgan fingerprint density at radius 3 is 2.57 bits per heavy atom. The lowest BCUT2D eigenvalue weighted by Crippen LogP contribution is -2.49. The molecule has 0 spiro atoms. The fourth-order valence-corrected chi connectivity index (χ4v) is 3.11. The van der Waals surface area contributed by atoms with E-state index in [1.54, 1.807) is 30.7 Å². The molecule has 2 amide bonds. The number of aliphatic hydroxyl groups excluding tert-OH is 1. The Hall–Kier alpha value is -3.20. The van der Waals surface area contributed by atoms with Crippen molar-refractivity contribution in [3.05, 3.63) is 54.1 Å². The van der Waals surface area contributed by atoms with Gasteiger partial charge in [0.25, 0.3) is 12.4 Å². The van der Waals surface area contributed by atoms with Crippen LogP contribution in [0.5, 0.6) is 0 Å². The van der Waals surface area contributed by atoms with E-state index in [1.807, 2.05) is 12.1 Å². The van der Waals surface area contributed by atoms with E-state index in [1.165, 1.54) is 0 Å². The van der Waals surface area contributed by atoms with Crippen molar-refractivity contribution in [1.82, 2.24) is 20.6 Å². The Bertz CT molecular complexity index is 751. The van der Waals surface area contributed by atoms with Crippen LogP contribution in [0.1, 0.15) is 35.3 Å². The number of H-pyrrole nitrogens is 1. The molecule has 0 aromatic carbocycles. The summed E-state index contributed by atoms with van der Waals surface area (Å²) in [4.78, 5) is 39.5. The number of rotatable bonds is 5. The Labute approximate surface area is 162 Å². The first-order valence-corrected chi connectivity index (χ1v) is 8.92. The number of aromatic nitrogens is 2. The van der Waals surface area contributed by atoms with Crippen molar-refractivity contribution < 1.29 is 24.6 Å². The van der Waals surface area contributed by atoms with Crippen molar-refractivity contribution in [3.63, 3.8) is 0 Å². The van der Waals surface area contributed by atoms with Gasteiger partial charge in [-0.2, -0.15) is 0 Å². The van der Waals surface area contributed by atoms with E-state index in [0.717, 1.165) is 5.56 Å². The summed E-state index contributed by atoms with van der Waals surface area (Å²) in [7, 11) is 0. The highest BCUT2D eigenvalue weighted by Gasteiger charge is 2.33. The topological polar surface area (TPSA) is 144 Å². The maximum atomic E-state index is 12.3. The smallest absolute Gasteiger partial charge is 0.290 e. The van der Waals surface area contributed by atoms with Gasteiger partial charge in [-0.25, -0.2) is 0 Å². The monoisotopic (exact) mass is 388 g/mol. The van der Waals surface area contributed by atoms with Crippen LogP contribution in [-0.4, -0.2) is 50.6 Å². The summed E-state index contributed by atoms with van der Waals surface area (Å²) < 4.78 is 0. The number of carboxylic acid groups (broad SMARTS) is 1. The van der Waals surface area contributed by atoms with Crippen molar-refractivity contribution in [2.24, 2.45) is 5.92 Å². The van der Waals surface area contributed by atoms with E-state index in [9.17, 15) is 14.7 Å². The average molecular weight is 388 g/mol. The van der Waals surface area contributed by atoms with Crippen LogP contribution in [0, 0.1) is 5.92 Å². The number of nitrogens with zero attached hydrogens (tertiary/aromatic N) is 1. The van der Waals surface area contributed by atoms with E-state index in [4.69, 9.17) is 9.90 Å². The number of hydrogen-bond donors (Lipinski definition) is 5. The van der Waals surface area contributed by atoms with E-state index in [-0.39, 0.29) is 30.2 Å². The lowest BCUT2D eigenvalue weighted by atomic mass is 9.83. The SMILES string of the molecule is O=C(N[C@@H]1CC[C@H](C(=O)NCc2ccncc2)C[C@H]1O)c1ccc[nH]1.O=CO. The molecule has 1 aliphatic rings. The largest absolute Gasteiger partial charge is 0.483 e. The summed E-state index contributed by atoms with van der Waals surface area (Å²) in [6, 6.07) is 6.79. The molecule has 0 bridgehead atoms. The molecule has 3 atom stereocenters. The van der Waals surface area contributed by atoms with Crippen molar-refractivity contribution in [1.29, 1.82) is 0 Å². The number of nitrogens with one attached hydrogen (secondary N) is 3. The lowest BCUT2D eigenvalue weighted by Gasteiger charge is -2.32. The lowest BCUT2D eigenvalue weighted by molar-refractivity contribution is -0.127.